The van der Waals surface area contributed by atoms with Crippen LogP contribution in [0, 0.1) is 50.1 Å². The van der Waals surface area contributed by atoms with Gasteiger partial charge in [0.2, 0.25) is 0 Å². The largest absolute Gasteiger partial charge is 0.509 e. The smallest absolute Gasteiger partial charge is 0.136 e. The van der Waals surface area contributed by atoms with Crippen molar-refractivity contribution in [3.8, 4) is 61.8 Å². The van der Waals surface area contributed by atoms with Crippen molar-refractivity contribution in [3.05, 3.63) is 246 Å². The fraction of sp³-hybridized carbons (Fsp3) is 0.189. The van der Waals surface area contributed by atoms with Crippen LogP contribution in [-0.4, -0.2) is 9.55 Å². The van der Waals surface area contributed by atoms with Crippen molar-refractivity contribution in [2.45, 2.75) is 92.4 Å². The van der Waals surface area contributed by atoms with E-state index < -0.39 is 17.5 Å². The molecule has 420 valence electrons. The maximum atomic E-state index is 16.9. The molecule has 0 fully saturated rings. The Morgan fingerprint density at radius 1 is 0.482 bits per heavy atom. The van der Waals surface area contributed by atoms with Gasteiger partial charge in [-0.3, -0.25) is 0 Å². The van der Waals surface area contributed by atoms with Crippen molar-refractivity contribution < 1.29 is 39.0 Å². The van der Waals surface area contributed by atoms with Crippen LogP contribution in [0.25, 0.3) is 72.1 Å². The number of anilines is 4. The fourth-order valence-electron chi connectivity index (χ4n) is 11.4. The summed E-state index contributed by atoms with van der Waals surface area (Å²) in [5, 5.41) is 2.09. The molecule has 9 aromatic carbocycles. The van der Waals surface area contributed by atoms with Gasteiger partial charge in [-0.15, -0.1) is 53.6 Å². The van der Waals surface area contributed by atoms with Gasteiger partial charge in [-0.05, 0) is 117 Å². The molecule has 3 heterocycles. The van der Waals surface area contributed by atoms with Crippen molar-refractivity contribution in [2.75, 3.05) is 9.80 Å². The molecule has 0 unspecified atom stereocenters. The Kier molecular flexibility index (Phi) is 14.7. The van der Waals surface area contributed by atoms with Crippen LogP contribution in [0.1, 0.15) is 90.1 Å². The van der Waals surface area contributed by atoms with Gasteiger partial charge in [-0.1, -0.05) is 176 Å². The number of pyridine rings is 1. The van der Waals surface area contributed by atoms with Gasteiger partial charge in [0.25, 0.3) is 0 Å². The number of hydrogen-bond acceptors (Lipinski definition) is 4. The average Bonchev–Trinajstić information content (AvgIpc) is 4.24. The van der Waals surface area contributed by atoms with E-state index in [1.165, 1.54) is 0 Å². The molecular weight excluding hydrogens is 1210 g/mol. The average molecular weight is 1280 g/mol. The summed E-state index contributed by atoms with van der Waals surface area (Å²) in [7, 11) is 0. The summed E-state index contributed by atoms with van der Waals surface area (Å²) >= 11 is 0. The van der Waals surface area contributed by atoms with Crippen LogP contribution >= 0.6 is 0 Å². The molecule has 0 N–H and O–H groups in total. The first-order valence-electron chi connectivity index (χ1n) is 27.9. The number of rotatable bonds is 9. The number of fused-ring (bicyclic) bond motifs is 4. The Hall–Kier alpha value is -8.19. The minimum Gasteiger partial charge on any atom is -0.509 e. The SMILES string of the molecule is Cc1cc(C)cc(-c2cc(Oc3[c-]c4c(cc3)c3ccccc3n4-c3cc(C(C)(C)C)ccn3)[c-]c(N3[CH-]N(c4c(-c5cc(C(C)(C)C)cc(C(C)(C)C)c5)cc(-c5ccccc5)cc4-c4c(F)cc(F)cc4F)c4ccccc43)c2)c1.[Pt]. The van der Waals surface area contributed by atoms with Gasteiger partial charge in [0.1, 0.15) is 23.3 Å². The Balaban J connectivity index is 0.00000721. The van der Waals surface area contributed by atoms with E-state index in [2.05, 4.69) is 177 Å². The van der Waals surface area contributed by atoms with Crippen LogP contribution in [0.15, 0.2) is 182 Å². The van der Waals surface area contributed by atoms with E-state index in [0.717, 1.165) is 112 Å². The number of para-hydroxylation sites is 3. The molecule has 0 amide bonds. The van der Waals surface area contributed by atoms with Crippen molar-refractivity contribution in [3.63, 3.8) is 0 Å². The number of aromatic nitrogens is 2. The third-order valence-electron chi connectivity index (χ3n) is 15.6. The van der Waals surface area contributed by atoms with Crippen molar-refractivity contribution in [2.24, 2.45) is 0 Å². The molecule has 0 saturated heterocycles. The molecule has 0 saturated carbocycles. The van der Waals surface area contributed by atoms with Crippen LogP contribution in [0.4, 0.5) is 35.9 Å². The molecule has 0 radical (unpaired) electrons. The standard InChI is InChI=1S/C74H64F3N4O.Pt/c1-45-29-46(2)31-48(30-45)49-34-56(42-58(35-49)82-57-25-26-60-59-21-15-16-22-65(59)81(68(60)43-57)69-39-52(27-28-78-69)72(3,4)5)79-44-80(67-24-18-17-23-66(67)79)71-61(51-32-53(73(6,7)8)38-54(33-51)74(9,10)11)36-50(47-19-13-12-14-20-47)37-62(71)70-63(76)40-55(75)41-64(70)77;/h12-41,44H,1-11H3;/q-3;. The molecule has 11 aromatic rings. The van der Waals surface area contributed by atoms with Crippen molar-refractivity contribution in [1.29, 1.82) is 0 Å². The predicted octanol–water partition coefficient (Wildman–Crippen LogP) is 20.6. The maximum absolute atomic E-state index is 16.9. The predicted molar refractivity (Wildman–Crippen MR) is 331 cm³/mol. The molecule has 83 heavy (non-hydrogen) atoms. The monoisotopic (exact) mass is 1280 g/mol. The molecule has 0 atom stereocenters. The fourth-order valence-corrected chi connectivity index (χ4v) is 11.4. The third kappa shape index (κ3) is 10.9. The van der Waals surface area contributed by atoms with Crippen LogP contribution in [0.2, 0.25) is 0 Å². The molecule has 9 heteroatoms. The second kappa shape index (κ2) is 21.5. The van der Waals surface area contributed by atoms with Gasteiger partial charge >= 0.3 is 0 Å². The number of ether oxygens (including phenoxy) is 1. The van der Waals surface area contributed by atoms with Crippen LogP contribution < -0.4 is 14.5 Å². The summed E-state index contributed by atoms with van der Waals surface area (Å²) in [5.41, 5.74) is 14.4. The zero-order chi connectivity index (χ0) is 57.6. The Bertz CT molecular complexity index is 4240. The van der Waals surface area contributed by atoms with E-state index in [1.807, 2.05) is 103 Å². The minimum absolute atomic E-state index is 0. The van der Waals surface area contributed by atoms with Gasteiger partial charge in [0.15, 0.2) is 0 Å². The van der Waals surface area contributed by atoms with Gasteiger partial charge < -0.3 is 19.1 Å². The Labute approximate surface area is 500 Å². The van der Waals surface area contributed by atoms with E-state index in [0.29, 0.717) is 22.9 Å². The second-order valence-electron chi connectivity index (χ2n) is 24.9. The van der Waals surface area contributed by atoms with E-state index >= 15 is 13.2 Å². The van der Waals surface area contributed by atoms with E-state index in [-0.39, 0.29) is 48.4 Å². The maximum Gasteiger partial charge on any atom is 0.136 e. The molecule has 1 aliphatic heterocycles. The third-order valence-corrected chi connectivity index (χ3v) is 15.6. The number of nitrogens with zero attached hydrogens (tertiary/aromatic N) is 4. The molecule has 12 rings (SSSR count). The first-order valence-corrected chi connectivity index (χ1v) is 27.9. The summed E-state index contributed by atoms with van der Waals surface area (Å²) in [4.78, 5) is 8.97. The first-order chi connectivity index (χ1) is 39.0. The van der Waals surface area contributed by atoms with Crippen LogP contribution in [-0.2, 0) is 37.3 Å². The summed E-state index contributed by atoms with van der Waals surface area (Å²) in [5.74, 6) is -1.32. The Morgan fingerprint density at radius 2 is 1.07 bits per heavy atom. The number of hydrogen-bond donors (Lipinski definition) is 0. The van der Waals surface area contributed by atoms with Crippen molar-refractivity contribution in [1.82, 2.24) is 9.55 Å². The molecule has 0 aliphatic carbocycles. The van der Waals surface area contributed by atoms with Crippen molar-refractivity contribution >= 4 is 44.6 Å². The van der Waals surface area contributed by atoms with Crippen LogP contribution in [0.3, 0.4) is 0 Å². The molecular formula is C74H64F3N4OPt-3. The van der Waals surface area contributed by atoms with E-state index in [1.54, 1.807) is 0 Å². The molecule has 0 bridgehead atoms. The molecule has 5 nitrogen and oxygen atoms in total. The first kappa shape index (κ1) is 56.7. The molecule has 0 spiro atoms. The van der Waals surface area contributed by atoms with Gasteiger partial charge in [0, 0.05) is 84.6 Å². The summed E-state index contributed by atoms with van der Waals surface area (Å²) < 4.78 is 57.9. The number of halogens is 3. The van der Waals surface area contributed by atoms with Gasteiger partial charge in [-0.2, -0.15) is 6.07 Å². The number of benzene rings is 9. The molecule has 1 aliphatic rings. The number of aryl methyl sites for hydroxylation is 2. The van der Waals surface area contributed by atoms with Gasteiger partial charge in [-0.25, -0.2) is 18.2 Å². The van der Waals surface area contributed by atoms with Crippen LogP contribution in [0.5, 0.6) is 11.5 Å². The summed E-state index contributed by atoms with van der Waals surface area (Å²) in [6.45, 7) is 25.9. The van der Waals surface area contributed by atoms with E-state index in [4.69, 9.17) is 9.72 Å². The van der Waals surface area contributed by atoms with Gasteiger partial charge in [0.05, 0.1) is 5.56 Å². The summed E-state index contributed by atoms with van der Waals surface area (Å²) in [6.07, 6.45) is 1.87. The zero-order valence-electron chi connectivity index (χ0n) is 48.5. The quantitative estimate of drug-likeness (QED) is 0.135. The second-order valence-corrected chi connectivity index (χ2v) is 24.9. The molecule has 2 aromatic heterocycles. The zero-order valence-corrected chi connectivity index (χ0v) is 50.8. The Morgan fingerprint density at radius 3 is 1.73 bits per heavy atom. The normalized spacial score (nSPS) is 12.7. The topological polar surface area (TPSA) is 33.5 Å². The summed E-state index contributed by atoms with van der Waals surface area (Å²) in [6, 6.07) is 64.4. The van der Waals surface area contributed by atoms with E-state index in [9.17, 15) is 0 Å². The minimum atomic E-state index is -1.01.